The topological polar surface area (TPSA) is 17.8 Å². The first-order valence-electron chi connectivity index (χ1n) is 11.3. The molecule has 1 aromatic heterocycles. The highest BCUT2D eigenvalue weighted by atomic mass is 15.1. The second-order valence-electron chi connectivity index (χ2n) is 11.0. The van der Waals surface area contributed by atoms with E-state index >= 15 is 0 Å². The van der Waals surface area contributed by atoms with E-state index in [0.717, 1.165) is 35.3 Å². The molecule has 1 heterocycles. The number of para-hydroxylation sites is 3. The van der Waals surface area contributed by atoms with Crippen LogP contribution >= 0.6 is 0 Å². The first kappa shape index (κ1) is 21.4. The van der Waals surface area contributed by atoms with Gasteiger partial charge in [-0.3, -0.25) is 4.57 Å². The number of hydrogen-bond donors (Lipinski definition) is 0. The van der Waals surface area contributed by atoms with Crippen molar-refractivity contribution in [2.75, 3.05) is 0 Å². The Bertz CT molecular complexity index is 1150. The molecule has 3 aromatic carbocycles. The van der Waals surface area contributed by atoms with Crippen LogP contribution in [0.3, 0.4) is 0 Å². The number of fused-ring (bicyclic) bond motifs is 1. The molecule has 0 aliphatic carbocycles. The summed E-state index contributed by atoms with van der Waals surface area (Å²) in [5, 5.41) is 0. The predicted molar refractivity (Wildman–Crippen MR) is 133 cm³/mol. The summed E-state index contributed by atoms with van der Waals surface area (Å²) in [6, 6.07) is 25.9. The number of hydrogen-bond acceptors (Lipinski definition) is 1. The number of benzene rings is 3. The van der Waals surface area contributed by atoms with Gasteiger partial charge in [0.15, 0.2) is 0 Å². The Morgan fingerprint density at radius 1 is 0.645 bits per heavy atom. The number of rotatable bonds is 4. The molecule has 160 valence electrons. The maximum atomic E-state index is 5.10. The molecular weight excluding hydrogens is 376 g/mol. The summed E-state index contributed by atoms with van der Waals surface area (Å²) in [7, 11) is 0. The Morgan fingerprint density at radius 3 is 1.77 bits per heavy atom. The minimum atomic E-state index is 0.193. The fraction of sp³-hybridized carbons (Fsp3) is 0.345. The average Bonchev–Trinajstić information content (AvgIpc) is 3.06. The first-order chi connectivity index (χ1) is 14.6. The van der Waals surface area contributed by atoms with Crippen molar-refractivity contribution in [2.45, 2.75) is 54.4 Å². The largest absolute Gasteiger partial charge is 0.292 e. The van der Waals surface area contributed by atoms with Crippen molar-refractivity contribution in [3.05, 3.63) is 83.9 Å². The van der Waals surface area contributed by atoms with Crippen LogP contribution in [0.25, 0.3) is 28.1 Å². The third-order valence-corrected chi connectivity index (χ3v) is 5.46. The van der Waals surface area contributed by atoms with Crippen molar-refractivity contribution >= 4 is 11.0 Å². The molecule has 0 amide bonds. The molecule has 4 aromatic rings. The van der Waals surface area contributed by atoms with Crippen LogP contribution in [-0.4, -0.2) is 9.55 Å². The van der Waals surface area contributed by atoms with E-state index in [0.29, 0.717) is 0 Å². The molecule has 0 atom stereocenters. The van der Waals surface area contributed by atoms with Crippen LogP contribution in [0.4, 0.5) is 0 Å². The predicted octanol–water partition coefficient (Wildman–Crippen LogP) is 7.87. The fourth-order valence-electron chi connectivity index (χ4n) is 4.39. The Hall–Kier alpha value is -2.87. The zero-order valence-electron chi connectivity index (χ0n) is 19.7. The Morgan fingerprint density at radius 2 is 1.19 bits per heavy atom. The van der Waals surface area contributed by atoms with Crippen molar-refractivity contribution in [3.63, 3.8) is 0 Å². The van der Waals surface area contributed by atoms with E-state index in [4.69, 9.17) is 4.98 Å². The summed E-state index contributed by atoms with van der Waals surface area (Å²) in [5.74, 6) is 1.01. The molecule has 0 aliphatic heterocycles. The lowest BCUT2D eigenvalue weighted by Crippen LogP contribution is -2.17. The van der Waals surface area contributed by atoms with Gasteiger partial charge in [0.1, 0.15) is 5.82 Å². The molecule has 0 N–H and O–H groups in total. The lowest BCUT2D eigenvalue weighted by atomic mass is 9.83. The van der Waals surface area contributed by atoms with Crippen LogP contribution in [0, 0.1) is 10.8 Å². The van der Waals surface area contributed by atoms with Gasteiger partial charge in [-0.2, -0.15) is 0 Å². The zero-order valence-corrected chi connectivity index (χ0v) is 19.7. The molecule has 0 saturated carbocycles. The highest BCUT2D eigenvalue weighted by Crippen LogP contribution is 2.36. The molecular formula is C29H34N2. The van der Waals surface area contributed by atoms with E-state index in [2.05, 4.69) is 119 Å². The average molecular weight is 411 g/mol. The smallest absolute Gasteiger partial charge is 0.145 e. The minimum Gasteiger partial charge on any atom is -0.292 e. The molecule has 0 bridgehead atoms. The molecule has 0 radical (unpaired) electrons. The summed E-state index contributed by atoms with van der Waals surface area (Å²) in [6.45, 7) is 13.9. The van der Waals surface area contributed by atoms with Crippen LogP contribution in [0.1, 0.15) is 52.7 Å². The summed E-state index contributed by atoms with van der Waals surface area (Å²) in [4.78, 5) is 5.10. The van der Waals surface area contributed by atoms with Crippen molar-refractivity contribution in [3.8, 4) is 17.1 Å². The maximum absolute atomic E-state index is 5.10. The number of aromatic nitrogens is 2. The van der Waals surface area contributed by atoms with Crippen molar-refractivity contribution < 1.29 is 0 Å². The van der Waals surface area contributed by atoms with Gasteiger partial charge in [0, 0.05) is 5.56 Å². The monoisotopic (exact) mass is 410 g/mol. The lowest BCUT2D eigenvalue weighted by molar-refractivity contribution is 0.405. The van der Waals surface area contributed by atoms with E-state index < -0.39 is 0 Å². The van der Waals surface area contributed by atoms with Gasteiger partial charge < -0.3 is 0 Å². The van der Waals surface area contributed by atoms with Gasteiger partial charge in [-0.15, -0.1) is 0 Å². The van der Waals surface area contributed by atoms with Gasteiger partial charge >= 0.3 is 0 Å². The molecule has 0 spiro atoms. The molecule has 0 unspecified atom stereocenters. The SMILES string of the molecule is CC(C)(C)Cc1cccc(CC(C)(C)C)c1-n1c(-c2ccccc2)nc2ccccc21. The van der Waals surface area contributed by atoms with Crippen LogP contribution in [0.15, 0.2) is 72.8 Å². The molecule has 4 rings (SSSR count). The molecule has 0 aliphatic rings. The van der Waals surface area contributed by atoms with E-state index in [1.54, 1.807) is 0 Å². The first-order valence-corrected chi connectivity index (χ1v) is 11.3. The fourth-order valence-corrected chi connectivity index (χ4v) is 4.39. The third kappa shape index (κ3) is 4.74. The van der Waals surface area contributed by atoms with Gasteiger partial charge in [0.25, 0.3) is 0 Å². The molecule has 2 heteroatoms. The van der Waals surface area contributed by atoms with Crippen LogP contribution < -0.4 is 0 Å². The van der Waals surface area contributed by atoms with Crippen LogP contribution in [0.2, 0.25) is 0 Å². The van der Waals surface area contributed by atoms with E-state index in [1.165, 1.54) is 16.8 Å². The van der Waals surface area contributed by atoms with Gasteiger partial charge in [-0.1, -0.05) is 102 Å². The van der Waals surface area contributed by atoms with Gasteiger partial charge in [-0.05, 0) is 46.9 Å². The van der Waals surface area contributed by atoms with Crippen molar-refractivity contribution in [1.29, 1.82) is 0 Å². The highest BCUT2D eigenvalue weighted by molar-refractivity contribution is 5.84. The molecule has 0 saturated heterocycles. The van der Waals surface area contributed by atoms with Gasteiger partial charge in [-0.25, -0.2) is 4.98 Å². The lowest BCUT2D eigenvalue weighted by Gasteiger charge is -2.26. The summed E-state index contributed by atoms with van der Waals surface area (Å²) >= 11 is 0. The second-order valence-corrected chi connectivity index (χ2v) is 11.0. The van der Waals surface area contributed by atoms with Crippen molar-refractivity contribution in [2.24, 2.45) is 10.8 Å². The van der Waals surface area contributed by atoms with Gasteiger partial charge in [0.05, 0.1) is 16.7 Å². The quantitative estimate of drug-likeness (QED) is 0.335. The summed E-state index contributed by atoms with van der Waals surface area (Å²) < 4.78 is 2.41. The molecule has 0 fully saturated rings. The molecule has 31 heavy (non-hydrogen) atoms. The van der Waals surface area contributed by atoms with E-state index in [9.17, 15) is 0 Å². The Kier molecular flexibility index (Phi) is 5.51. The Labute approximate surface area is 187 Å². The van der Waals surface area contributed by atoms with Crippen LogP contribution in [-0.2, 0) is 12.8 Å². The second kappa shape index (κ2) is 8.00. The third-order valence-electron chi connectivity index (χ3n) is 5.46. The normalized spacial score (nSPS) is 12.5. The zero-order chi connectivity index (χ0) is 22.2. The van der Waals surface area contributed by atoms with E-state index in [-0.39, 0.29) is 10.8 Å². The standard InChI is InChI=1S/C29H34N2/c1-28(2,3)19-22-15-12-16-23(20-29(4,5)6)26(22)31-25-18-11-10-17-24(25)30-27(31)21-13-8-7-9-14-21/h7-18H,19-20H2,1-6H3. The number of imidazole rings is 1. The number of nitrogens with zero attached hydrogens (tertiary/aromatic N) is 2. The summed E-state index contributed by atoms with van der Waals surface area (Å²) in [5.41, 5.74) is 7.80. The highest BCUT2D eigenvalue weighted by Gasteiger charge is 2.24. The van der Waals surface area contributed by atoms with Gasteiger partial charge in [0.2, 0.25) is 0 Å². The van der Waals surface area contributed by atoms with Crippen LogP contribution in [0.5, 0.6) is 0 Å². The van der Waals surface area contributed by atoms with Crippen molar-refractivity contribution in [1.82, 2.24) is 9.55 Å². The molecule has 2 nitrogen and oxygen atoms in total. The van der Waals surface area contributed by atoms with E-state index in [1.807, 2.05) is 0 Å². The summed E-state index contributed by atoms with van der Waals surface area (Å²) in [6.07, 6.45) is 2.03. The Balaban J connectivity index is 2.07. The maximum Gasteiger partial charge on any atom is 0.145 e. The minimum absolute atomic E-state index is 0.193.